The van der Waals surface area contributed by atoms with Gasteiger partial charge in [-0.05, 0) is 68.0 Å². The number of carbonyl (C=O) groups is 1. The maximum Gasteiger partial charge on any atom is 0.253 e. The van der Waals surface area contributed by atoms with Gasteiger partial charge in [-0.1, -0.05) is 19.1 Å². The van der Waals surface area contributed by atoms with Crippen molar-refractivity contribution in [3.63, 3.8) is 0 Å². The van der Waals surface area contributed by atoms with Crippen molar-refractivity contribution < 1.29 is 13.3 Å². The number of rotatable bonds is 5. The van der Waals surface area contributed by atoms with Gasteiger partial charge in [-0.15, -0.1) is 11.3 Å². The lowest BCUT2D eigenvalue weighted by molar-refractivity contribution is -0.0632. The van der Waals surface area contributed by atoms with Gasteiger partial charge in [-0.2, -0.15) is 9.35 Å². The fraction of sp³-hybridized carbons (Fsp3) is 0.440. The van der Waals surface area contributed by atoms with Crippen molar-refractivity contribution in [1.82, 2.24) is 14.9 Å². The molecule has 0 aliphatic carbocycles. The van der Waals surface area contributed by atoms with Gasteiger partial charge in [0, 0.05) is 37.7 Å². The van der Waals surface area contributed by atoms with Gasteiger partial charge < -0.3 is 4.90 Å². The average Bonchev–Trinajstić information content (AvgIpc) is 3.28. The van der Waals surface area contributed by atoms with Crippen LogP contribution >= 0.6 is 11.3 Å². The molecule has 5 rings (SSSR count). The molecule has 3 heterocycles. The number of fused-ring (bicyclic) bond motifs is 1. The van der Waals surface area contributed by atoms with E-state index in [4.69, 9.17) is 9.27 Å². The number of benzene rings is 2. The second kappa shape index (κ2) is 10.0. The molecule has 2 saturated heterocycles. The molecular weight excluding hydrogens is 454 g/mol. The zero-order chi connectivity index (χ0) is 22.8. The Morgan fingerprint density at radius 3 is 2.55 bits per heavy atom. The second-order valence-corrected chi connectivity index (χ2v) is 11.2. The zero-order valence-corrected chi connectivity index (χ0v) is 20.4. The lowest BCUT2D eigenvalue weighted by Gasteiger charge is -2.31. The molecule has 174 valence electrons. The summed E-state index contributed by atoms with van der Waals surface area (Å²) in [6, 6.07) is 15.2. The topological polar surface area (TPSA) is 62.7 Å². The lowest BCUT2D eigenvalue weighted by atomic mass is 9.99. The summed E-state index contributed by atoms with van der Waals surface area (Å²) in [5, 5.41) is 2.98. The van der Waals surface area contributed by atoms with E-state index in [9.17, 15) is 9.00 Å². The first-order chi connectivity index (χ1) is 16.1. The van der Waals surface area contributed by atoms with Crippen LogP contribution in [-0.4, -0.2) is 51.2 Å². The van der Waals surface area contributed by atoms with Gasteiger partial charge in [-0.3, -0.25) is 4.79 Å². The van der Waals surface area contributed by atoms with Crippen molar-refractivity contribution in [3.05, 3.63) is 59.1 Å². The van der Waals surface area contributed by atoms with Gasteiger partial charge in [0.1, 0.15) is 0 Å². The van der Waals surface area contributed by atoms with Crippen LogP contribution in [-0.2, 0) is 15.4 Å². The number of para-hydroxylation sites is 1. The normalized spacial score (nSPS) is 21.4. The summed E-state index contributed by atoms with van der Waals surface area (Å²) in [4.78, 5) is 20.1. The van der Waals surface area contributed by atoms with E-state index in [0.29, 0.717) is 22.3 Å². The minimum absolute atomic E-state index is 0.0525. The molecule has 33 heavy (non-hydrogen) atoms. The van der Waals surface area contributed by atoms with Crippen molar-refractivity contribution in [2.45, 2.75) is 43.4 Å². The standard InChI is InChI=1S/C25H29N3O3S2/c1-18-5-4-14-27(17-18)25(29)20-8-10-21(11-9-20)33(30)31-28-15-12-19(13-16-28)24-26-22-6-2-3-7-23(22)32-24/h2-3,6-11,18-19H,4-5,12-17H2,1H3. The maximum absolute atomic E-state index is 12.8. The summed E-state index contributed by atoms with van der Waals surface area (Å²) < 4.78 is 19.7. The molecule has 2 aromatic carbocycles. The van der Waals surface area contributed by atoms with E-state index in [1.807, 2.05) is 17.0 Å². The van der Waals surface area contributed by atoms with Crippen LogP contribution in [0, 0.1) is 5.92 Å². The Morgan fingerprint density at radius 2 is 1.82 bits per heavy atom. The molecule has 0 saturated carbocycles. The molecule has 0 bridgehead atoms. The number of hydroxylamine groups is 2. The van der Waals surface area contributed by atoms with E-state index in [0.717, 1.165) is 51.0 Å². The van der Waals surface area contributed by atoms with Crippen LogP contribution in [0.5, 0.6) is 0 Å². The Hall–Kier alpha value is -2.13. The SMILES string of the molecule is CC1CCCN(C(=O)c2ccc(S(=O)ON3CCC(c4nc5ccccc5s4)CC3)cc2)C1. The molecule has 0 radical (unpaired) electrons. The summed E-state index contributed by atoms with van der Waals surface area (Å²) >= 11 is 0.175. The van der Waals surface area contributed by atoms with E-state index < -0.39 is 11.1 Å². The predicted molar refractivity (Wildman–Crippen MR) is 131 cm³/mol. The van der Waals surface area contributed by atoms with Gasteiger partial charge in [0.05, 0.1) is 20.1 Å². The number of nitrogens with zero attached hydrogens (tertiary/aromatic N) is 3. The van der Waals surface area contributed by atoms with E-state index in [1.54, 1.807) is 40.7 Å². The third-order valence-electron chi connectivity index (χ3n) is 6.52. The van der Waals surface area contributed by atoms with Gasteiger partial charge in [0.25, 0.3) is 5.91 Å². The Kier molecular flexibility index (Phi) is 6.87. The summed E-state index contributed by atoms with van der Waals surface area (Å²) in [5.74, 6) is 1.01. The van der Waals surface area contributed by atoms with E-state index in [1.165, 1.54) is 16.1 Å². The zero-order valence-electron chi connectivity index (χ0n) is 18.8. The number of aromatic nitrogens is 1. The number of piperidine rings is 2. The highest BCUT2D eigenvalue weighted by molar-refractivity contribution is 7.80. The molecule has 8 heteroatoms. The Bertz CT molecular complexity index is 1110. The van der Waals surface area contributed by atoms with Gasteiger partial charge in [0.2, 0.25) is 11.1 Å². The first-order valence-electron chi connectivity index (χ1n) is 11.7. The summed E-state index contributed by atoms with van der Waals surface area (Å²) in [7, 11) is 0. The molecule has 1 amide bonds. The van der Waals surface area contributed by atoms with Crippen LogP contribution in [0.15, 0.2) is 53.4 Å². The first kappa shape index (κ1) is 22.7. The van der Waals surface area contributed by atoms with Crippen molar-refractivity contribution in [2.24, 2.45) is 5.92 Å². The average molecular weight is 484 g/mol. The van der Waals surface area contributed by atoms with Gasteiger partial charge in [0.15, 0.2) is 0 Å². The fourth-order valence-corrected chi connectivity index (χ4v) is 6.57. The highest BCUT2D eigenvalue weighted by Gasteiger charge is 2.26. The molecule has 3 aromatic rings. The third-order valence-corrected chi connectivity index (χ3v) is 8.73. The van der Waals surface area contributed by atoms with Crippen LogP contribution in [0.3, 0.4) is 0 Å². The minimum Gasteiger partial charge on any atom is -0.338 e. The van der Waals surface area contributed by atoms with Crippen LogP contribution in [0.4, 0.5) is 0 Å². The van der Waals surface area contributed by atoms with Crippen LogP contribution in [0.2, 0.25) is 0 Å². The Balaban J connectivity index is 1.14. The highest BCUT2D eigenvalue weighted by atomic mass is 32.2. The maximum atomic E-state index is 12.8. The number of hydrogen-bond donors (Lipinski definition) is 0. The van der Waals surface area contributed by atoms with Crippen molar-refractivity contribution in [1.29, 1.82) is 0 Å². The molecule has 1 aromatic heterocycles. The molecule has 0 spiro atoms. The third kappa shape index (κ3) is 5.19. The van der Waals surface area contributed by atoms with Crippen LogP contribution in [0.1, 0.15) is 53.9 Å². The molecule has 2 fully saturated rings. The Morgan fingerprint density at radius 1 is 1.06 bits per heavy atom. The molecule has 6 nitrogen and oxygen atoms in total. The largest absolute Gasteiger partial charge is 0.338 e. The highest BCUT2D eigenvalue weighted by Crippen LogP contribution is 2.34. The number of hydrogen-bond acceptors (Lipinski definition) is 6. The number of carbonyl (C=O) groups excluding carboxylic acids is 1. The number of likely N-dealkylation sites (tertiary alicyclic amines) is 1. The molecule has 0 N–H and O–H groups in total. The van der Waals surface area contributed by atoms with E-state index >= 15 is 0 Å². The Labute approximate surface area is 201 Å². The minimum atomic E-state index is -1.59. The van der Waals surface area contributed by atoms with Crippen molar-refractivity contribution in [2.75, 3.05) is 26.2 Å². The van der Waals surface area contributed by atoms with Crippen molar-refractivity contribution in [3.8, 4) is 0 Å². The lowest BCUT2D eigenvalue weighted by Crippen LogP contribution is -2.39. The van der Waals surface area contributed by atoms with Crippen LogP contribution in [0.25, 0.3) is 10.2 Å². The second-order valence-electron chi connectivity index (χ2n) is 9.06. The van der Waals surface area contributed by atoms with Crippen molar-refractivity contribution >= 4 is 38.5 Å². The van der Waals surface area contributed by atoms with Crippen LogP contribution < -0.4 is 0 Å². The quantitative estimate of drug-likeness (QED) is 0.511. The summed E-state index contributed by atoms with van der Waals surface area (Å²) in [5.41, 5.74) is 1.70. The van der Waals surface area contributed by atoms with E-state index in [2.05, 4.69) is 19.1 Å². The molecule has 2 aliphatic rings. The number of amides is 1. The predicted octanol–water partition coefficient (Wildman–Crippen LogP) is 5.00. The summed E-state index contributed by atoms with van der Waals surface area (Å²) in [6.07, 6.45) is 4.09. The van der Waals surface area contributed by atoms with E-state index in [-0.39, 0.29) is 5.91 Å². The smallest absolute Gasteiger partial charge is 0.253 e. The molecular formula is C25H29N3O3S2. The fourth-order valence-electron chi connectivity index (χ4n) is 4.65. The summed E-state index contributed by atoms with van der Waals surface area (Å²) in [6.45, 7) is 5.24. The molecule has 2 atom stereocenters. The monoisotopic (exact) mass is 483 g/mol. The molecule has 2 aliphatic heterocycles. The number of thiazole rings is 1. The molecule has 2 unspecified atom stereocenters. The first-order valence-corrected chi connectivity index (χ1v) is 13.6. The van der Waals surface area contributed by atoms with Gasteiger partial charge in [-0.25, -0.2) is 9.19 Å². The van der Waals surface area contributed by atoms with Gasteiger partial charge >= 0.3 is 0 Å².